The Morgan fingerprint density at radius 3 is 2.71 bits per heavy atom. The molecule has 0 aliphatic heterocycles. The Morgan fingerprint density at radius 1 is 1.26 bits per heavy atom. The number of aliphatic hydroxyl groups is 2. The molecule has 0 amide bonds. The van der Waals surface area contributed by atoms with Crippen LogP contribution in [-0.4, -0.2) is 47.4 Å². The minimum absolute atomic E-state index is 0.0357. The van der Waals surface area contributed by atoms with E-state index in [4.69, 9.17) is 21.1 Å². The van der Waals surface area contributed by atoms with Gasteiger partial charge in [-0.15, -0.1) is 0 Å². The van der Waals surface area contributed by atoms with Crippen molar-refractivity contribution in [2.45, 2.75) is 51.2 Å². The number of esters is 1. The zero-order valence-corrected chi connectivity index (χ0v) is 18.5. The molecule has 6 nitrogen and oxygen atoms in total. The maximum Gasteiger partial charge on any atom is 0.302 e. The van der Waals surface area contributed by atoms with Crippen molar-refractivity contribution in [3.8, 4) is 5.75 Å². The monoisotopic (exact) mass is 450 g/mol. The Hall–Kier alpha value is -2.15. The van der Waals surface area contributed by atoms with Crippen LogP contribution in [0.2, 0.25) is 5.02 Å². The minimum atomic E-state index is -0.855. The molecular weight excluding hydrogens is 420 g/mol. The van der Waals surface area contributed by atoms with E-state index in [1.165, 1.54) is 6.92 Å². The van der Waals surface area contributed by atoms with Gasteiger partial charge < -0.3 is 19.7 Å². The van der Waals surface area contributed by atoms with E-state index in [2.05, 4.69) is 0 Å². The second-order valence-electron chi connectivity index (χ2n) is 7.68. The highest BCUT2D eigenvalue weighted by Gasteiger charge is 2.39. The quantitative estimate of drug-likeness (QED) is 0.285. The predicted molar refractivity (Wildman–Crippen MR) is 119 cm³/mol. The topological polar surface area (TPSA) is 93.1 Å². The third kappa shape index (κ3) is 9.25. The largest absolute Gasteiger partial charge is 0.491 e. The number of carbonyl (C=O) groups is 2. The van der Waals surface area contributed by atoms with E-state index in [1.807, 2.05) is 12.2 Å². The maximum absolute atomic E-state index is 12.3. The average molecular weight is 451 g/mol. The number of rotatable bonds is 12. The number of benzene rings is 1. The first-order chi connectivity index (χ1) is 14.9. The van der Waals surface area contributed by atoms with Gasteiger partial charge in [-0.25, -0.2) is 0 Å². The lowest BCUT2D eigenvalue weighted by Gasteiger charge is -2.17. The molecule has 4 atom stereocenters. The molecule has 0 saturated heterocycles. The minimum Gasteiger partial charge on any atom is -0.491 e. The fourth-order valence-corrected chi connectivity index (χ4v) is 3.62. The van der Waals surface area contributed by atoms with Crippen molar-refractivity contribution in [3.63, 3.8) is 0 Å². The van der Waals surface area contributed by atoms with E-state index in [-0.39, 0.29) is 36.6 Å². The van der Waals surface area contributed by atoms with Gasteiger partial charge in [0, 0.05) is 30.2 Å². The number of halogens is 1. The van der Waals surface area contributed by atoms with Gasteiger partial charge in [0.05, 0.1) is 12.7 Å². The fraction of sp³-hybridized carbons (Fsp3) is 0.500. The van der Waals surface area contributed by atoms with E-state index >= 15 is 0 Å². The SMILES string of the molecule is CC(=O)OCCCC/C=C\C[C@H]1C(=O)C[C@@H](O)[C@@H]1/C=C/[C@@H](O)COc1ccc(Cl)cc1. The highest BCUT2D eigenvalue weighted by molar-refractivity contribution is 6.30. The van der Waals surface area contributed by atoms with Gasteiger partial charge in [0.15, 0.2) is 0 Å². The van der Waals surface area contributed by atoms with Gasteiger partial charge in [-0.3, -0.25) is 9.59 Å². The summed E-state index contributed by atoms with van der Waals surface area (Å²) in [7, 11) is 0. The van der Waals surface area contributed by atoms with Crippen LogP contribution in [-0.2, 0) is 14.3 Å². The molecule has 1 saturated carbocycles. The van der Waals surface area contributed by atoms with Crippen LogP contribution < -0.4 is 4.74 Å². The number of hydrogen-bond acceptors (Lipinski definition) is 6. The Labute approximate surface area is 188 Å². The lowest BCUT2D eigenvalue weighted by molar-refractivity contribution is -0.141. The van der Waals surface area contributed by atoms with Crippen molar-refractivity contribution in [1.29, 1.82) is 0 Å². The van der Waals surface area contributed by atoms with Crippen LogP contribution in [0.15, 0.2) is 48.6 Å². The number of allylic oxidation sites excluding steroid dienone is 2. The summed E-state index contributed by atoms with van der Waals surface area (Å²) in [6.07, 6.45) is 8.90. The molecular formula is C24H31ClO6. The van der Waals surface area contributed by atoms with Crippen molar-refractivity contribution in [3.05, 3.63) is 53.6 Å². The molecule has 1 aliphatic rings. The normalized spacial score (nSPS) is 22.3. The summed E-state index contributed by atoms with van der Waals surface area (Å²) in [5, 5.41) is 21.0. The highest BCUT2D eigenvalue weighted by Crippen LogP contribution is 2.33. The van der Waals surface area contributed by atoms with Crippen molar-refractivity contribution in [1.82, 2.24) is 0 Å². The Kier molecular flexibility index (Phi) is 10.8. The molecule has 1 aromatic carbocycles. The van der Waals surface area contributed by atoms with Gasteiger partial charge in [-0.2, -0.15) is 0 Å². The third-order valence-corrected chi connectivity index (χ3v) is 5.40. The Balaban J connectivity index is 1.77. The summed E-state index contributed by atoms with van der Waals surface area (Å²) in [5.74, 6) is -0.258. The summed E-state index contributed by atoms with van der Waals surface area (Å²) in [5.41, 5.74) is 0. The molecule has 2 rings (SSSR count). The zero-order valence-electron chi connectivity index (χ0n) is 17.8. The van der Waals surface area contributed by atoms with Crippen LogP contribution in [0.1, 0.15) is 39.0 Å². The molecule has 1 aliphatic carbocycles. The summed E-state index contributed by atoms with van der Waals surface area (Å²) < 4.78 is 10.4. The number of unbranched alkanes of at least 4 members (excludes halogenated alkanes) is 2. The van der Waals surface area contributed by atoms with Crippen LogP contribution in [0.4, 0.5) is 0 Å². The molecule has 31 heavy (non-hydrogen) atoms. The lowest BCUT2D eigenvalue weighted by Crippen LogP contribution is -2.20. The van der Waals surface area contributed by atoms with Gasteiger partial charge in [-0.05, 0) is 49.9 Å². The molecule has 1 aromatic rings. The first-order valence-corrected chi connectivity index (χ1v) is 11.0. The molecule has 0 heterocycles. The number of ether oxygens (including phenoxy) is 2. The number of Topliss-reactive ketones (excluding diaryl/α,β-unsaturated/α-hetero) is 1. The summed E-state index contributed by atoms with van der Waals surface area (Å²) in [6, 6.07) is 6.85. The molecule has 0 spiro atoms. The number of hydrogen-bond donors (Lipinski definition) is 2. The number of ketones is 1. The second kappa shape index (κ2) is 13.3. The summed E-state index contributed by atoms with van der Waals surface area (Å²) >= 11 is 5.83. The molecule has 2 N–H and O–H groups in total. The van der Waals surface area contributed by atoms with E-state index in [1.54, 1.807) is 36.4 Å². The first kappa shape index (κ1) is 25.1. The summed E-state index contributed by atoms with van der Waals surface area (Å²) in [4.78, 5) is 23.0. The van der Waals surface area contributed by atoms with E-state index < -0.39 is 12.2 Å². The lowest BCUT2D eigenvalue weighted by atomic mass is 9.90. The summed E-state index contributed by atoms with van der Waals surface area (Å²) in [6.45, 7) is 1.88. The molecule has 1 fully saturated rings. The first-order valence-electron chi connectivity index (χ1n) is 10.6. The van der Waals surface area contributed by atoms with Gasteiger partial charge in [0.2, 0.25) is 0 Å². The number of aliphatic hydroxyl groups excluding tert-OH is 2. The van der Waals surface area contributed by atoms with Crippen molar-refractivity contribution < 1.29 is 29.3 Å². The second-order valence-corrected chi connectivity index (χ2v) is 8.12. The smallest absolute Gasteiger partial charge is 0.302 e. The molecule has 170 valence electrons. The molecule has 7 heteroatoms. The fourth-order valence-electron chi connectivity index (χ4n) is 3.49. The molecule has 0 aromatic heterocycles. The van der Waals surface area contributed by atoms with Crippen LogP contribution >= 0.6 is 11.6 Å². The standard InChI is InChI=1S/C24H31ClO6/c1-17(26)30-14-6-4-2-3-5-7-21-22(24(29)15-23(21)28)13-10-19(27)16-31-20-11-8-18(25)9-12-20/h3,5,8-13,19,21-22,24,27,29H,2,4,6-7,14-16H2,1H3/b5-3-,13-10+/t19-,21-,22-,24-/m1/s1. The Morgan fingerprint density at radius 2 is 2.00 bits per heavy atom. The average Bonchev–Trinajstić information content (AvgIpc) is 3.00. The van der Waals surface area contributed by atoms with Gasteiger partial charge in [0.25, 0.3) is 0 Å². The van der Waals surface area contributed by atoms with Crippen molar-refractivity contribution in [2.75, 3.05) is 13.2 Å². The van der Waals surface area contributed by atoms with E-state index in [9.17, 15) is 19.8 Å². The number of carbonyl (C=O) groups excluding carboxylic acids is 2. The molecule has 0 radical (unpaired) electrons. The van der Waals surface area contributed by atoms with Gasteiger partial charge in [0.1, 0.15) is 24.2 Å². The zero-order chi connectivity index (χ0) is 22.6. The molecule has 0 unspecified atom stereocenters. The van der Waals surface area contributed by atoms with Crippen LogP contribution in [0.25, 0.3) is 0 Å². The van der Waals surface area contributed by atoms with Crippen molar-refractivity contribution in [2.24, 2.45) is 11.8 Å². The van der Waals surface area contributed by atoms with E-state index in [0.717, 1.165) is 19.3 Å². The van der Waals surface area contributed by atoms with Gasteiger partial charge >= 0.3 is 5.97 Å². The van der Waals surface area contributed by atoms with E-state index in [0.29, 0.717) is 23.8 Å². The maximum atomic E-state index is 12.3. The Bertz CT molecular complexity index is 758. The predicted octanol–water partition coefficient (Wildman–Crippen LogP) is 3.88. The van der Waals surface area contributed by atoms with Crippen molar-refractivity contribution >= 4 is 23.4 Å². The third-order valence-electron chi connectivity index (χ3n) is 5.15. The van der Waals surface area contributed by atoms with Crippen LogP contribution in [0.5, 0.6) is 5.75 Å². The van der Waals surface area contributed by atoms with Crippen LogP contribution in [0, 0.1) is 11.8 Å². The van der Waals surface area contributed by atoms with Gasteiger partial charge in [-0.1, -0.05) is 35.9 Å². The molecule has 0 bridgehead atoms. The highest BCUT2D eigenvalue weighted by atomic mass is 35.5. The van der Waals surface area contributed by atoms with Crippen LogP contribution in [0.3, 0.4) is 0 Å².